The van der Waals surface area contributed by atoms with E-state index in [9.17, 15) is 14.9 Å². The second-order valence-corrected chi connectivity index (χ2v) is 5.95. The summed E-state index contributed by atoms with van der Waals surface area (Å²) >= 11 is 0.922. The third kappa shape index (κ3) is 3.23. The summed E-state index contributed by atoms with van der Waals surface area (Å²) in [5.74, 6) is -0.134. The number of halogens is 1. The lowest BCUT2D eigenvalue weighted by Gasteiger charge is -2.22. The number of nitro groups is 1. The smallest absolute Gasteiger partial charge is 0.324 e. The quantitative estimate of drug-likeness (QED) is 0.682. The number of hydrogen-bond donors (Lipinski definition) is 1. The van der Waals surface area contributed by atoms with Crippen molar-refractivity contribution in [3.63, 3.8) is 0 Å². The van der Waals surface area contributed by atoms with Gasteiger partial charge in [-0.2, -0.15) is 0 Å². The molecule has 0 aromatic carbocycles. The Morgan fingerprint density at radius 1 is 1.63 bits per heavy atom. The van der Waals surface area contributed by atoms with Gasteiger partial charge in [0.25, 0.3) is 5.91 Å². The molecule has 2 heterocycles. The normalized spacial score (nSPS) is 22.1. The average molecular weight is 306 g/mol. The maximum Gasteiger partial charge on any atom is 0.324 e. The minimum Gasteiger partial charge on any atom is -0.337 e. The molecule has 1 fully saturated rings. The number of carbonyl (C=O) groups excluding carboxylic acids is 1. The Hall–Kier alpha value is -1.18. The average Bonchev–Trinajstić information content (AvgIpc) is 2.95. The minimum atomic E-state index is -0.477. The van der Waals surface area contributed by atoms with Crippen molar-refractivity contribution in [1.82, 2.24) is 4.90 Å². The molecule has 0 aliphatic carbocycles. The summed E-state index contributed by atoms with van der Waals surface area (Å²) in [5, 5.41) is 10.6. The van der Waals surface area contributed by atoms with Crippen molar-refractivity contribution >= 4 is 34.7 Å². The topological polar surface area (TPSA) is 89.5 Å². The molecule has 0 spiro atoms. The van der Waals surface area contributed by atoms with E-state index in [2.05, 4.69) is 6.92 Å². The summed E-state index contributed by atoms with van der Waals surface area (Å²) in [5.41, 5.74) is 5.66. The number of carbonyl (C=O) groups is 1. The van der Waals surface area contributed by atoms with E-state index in [1.54, 1.807) is 4.90 Å². The van der Waals surface area contributed by atoms with Gasteiger partial charge in [-0.05, 0) is 24.4 Å². The SMILES string of the molecule is CC1(CN)CCN(C(=O)c2ccc([N+](=O)[O-])s2)C1.Cl. The first-order valence-electron chi connectivity index (χ1n) is 5.69. The number of rotatable bonds is 3. The molecule has 1 atom stereocenters. The lowest BCUT2D eigenvalue weighted by Crippen LogP contribution is -2.34. The highest BCUT2D eigenvalue weighted by molar-refractivity contribution is 7.17. The van der Waals surface area contributed by atoms with Crippen LogP contribution >= 0.6 is 23.7 Å². The van der Waals surface area contributed by atoms with Gasteiger partial charge in [-0.15, -0.1) is 12.4 Å². The van der Waals surface area contributed by atoms with Crippen LogP contribution in [0.4, 0.5) is 5.00 Å². The Bertz CT molecular complexity index is 493. The molecule has 8 heteroatoms. The van der Waals surface area contributed by atoms with E-state index in [0.717, 1.165) is 17.8 Å². The number of hydrogen-bond acceptors (Lipinski definition) is 5. The van der Waals surface area contributed by atoms with Gasteiger partial charge in [0.05, 0.1) is 9.80 Å². The van der Waals surface area contributed by atoms with Crippen LogP contribution < -0.4 is 5.73 Å². The van der Waals surface area contributed by atoms with Crippen LogP contribution in [-0.4, -0.2) is 35.4 Å². The zero-order valence-electron chi connectivity index (χ0n) is 10.5. The molecular formula is C11H16ClN3O3S. The molecule has 1 aliphatic rings. The van der Waals surface area contributed by atoms with E-state index >= 15 is 0 Å². The van der Waals surface area contributed by atoms with Gasteiger partial charge in [-0.25, -0.2) is 0 Å². The zero-order valence-corrected chi connectivity index (χ0v) is 12.1. The van der Waals surface area contributed by atoms with E-state index in [-0.39, 0.29) is 28.7 Å². The van der Waals surface area contributed by atoms with Gasteiger partial charge in [-0.3, -0.25) is 14.9 Å². The monoisotopic (exact) mass is 305 g/mol. The van der Waals surface area contributed by atoms with Crippen LogP contribution in [-0.2, 0) is 0 Å². The third-order valence-electron chi connectivity index (χ3n) is 3.32. The third-order valence-corrected chi connectivity index (χ3v) is 4.35. The standard InChI is InChI=1S/C11H15N3O3S.ClH/c1-11(6-12)4-5-13(7-11)10(15)8-2-3-9(18-8)14(16)17;/h2-3H,4-7,12H2,1H3;1H. The van der Waals surface area contributed by atoms with Crippen molar-refractivity contribution in [2.24, 2.45) is 11.1 Å². The first-order chi connectivity index (χ1) is 8.45. The number of nitrogens with zero attached hydrogens (tertiary/aromatic N) is 2. The molecule has 19 heavy (non-hydrogen) atoms. The summed E-state index contributed by atoms with van der Waals surface area (Å²) in [6, 6.07) is 2.89. The molecule has 1 aromatic heterocycles. The molecule has 1 amide bonds. The van der Waals surface area contributed by atoms with Crippen LogP contribution in [0.3, 0.4) is 0 Å². The molecule has 1 aromatic rings. The van der Waals surface area contributed by atoms with Crippen LogP contribution in [0.25, 0.3) is 0 Å². The van der Waals surface area contributed by atoms with E-state index in [1.165, 1.54) is 12.1 Å². The van der Waals surface area contributed by atoms with E-state index < -0.39 is 4.92 Å². The molecule has 0 saturated carbocycles. The molecule has 2 N–H and O–H groups in total. The summed E-state index contributed by atoms with van der Waals surface area (Å²) in [4.78, 5) is 24.4. The number of thiophene rings is 1. The van der Waals surface area contributed by atoms with Crippen LogP contribution in [0.5, 0.6) is 0 Å². The van der Waals surface area contributed by atoms with Crippen LogP contribution in [0.15, 0.2) is 12.1 Å². The molecule has 2 rings (SSSR count). The van der Waals surface area contributed by atoms with Gasteiger partial charge in [-0.1, -0.05) is 18.3 Å². The maximum absolute atomic E-state index is 12.2. The molecule has 0 bridgehead atoms. The first-order valence-corrected chi connectivity index (χ1v) is 6.50. The summed E-state index contributed by atoms with van der Waals surface area (Å²) in [6.07, 6.45) is 0.878. The highest BCUT2D eigenvalue weighted by Crippen LogP contribution is 2.31. The van der Waals surface area contributed by atoms with E-state index in [1.807, 2.05) is 0 Å². The van der Waals surface area contributed by atoms with Crippen molar-refractivity contribution in [3.8, 4) is 0 Å². The van der Waals surface area contributed by atoms with Crippen molar-refractivity contribution in [3.05, 3.63) is 27.1 Å². The molecular weight excluding hydrogens is 290 g/mol. The van der Waals surface area contributed by atoms with Crippen LogP contribution in [0.1, 0.15) is 23.0 Å². The Kier molecular flexibility index (Phi) is 4.89. The Morgan fingerprint density at radius 2 is 2.32 bits per heavy atom. The highest BCUT2D eigenvalue weighted by Gasteiger charge is 2.35. The van der Waals surface area contributed by atoms with Gasteiger partial charge in [0.15, 0.2) is 0 Å². The molecule has 0 radical (unpaired) electrons. The zero-order chi connectivity index (χ0) is 13.3. The van der Waals surface area contributed by atoms with Crippen molar-refractivity contribution in [1.29, 1.82) is 0 Å². The largest absolute Gasteiger partial charge is 0.337 e. The molecule has 1 unspecified atom stereocenters. The van der Waals surface area contributed by atoms with Crippen molar-refractivity contribution < 1.29 is 9.72 Å². The lowest BCUT2D eigenvalue weighted by atomic mass is 9.90. The van der Waals surface area contributed by atoms with Gasteiger partial charge >= 0.3 is 5.00 Å². The Labute approximate surface area is 121 Å². The Morgan fingerprint density at radius 3 is 2.79 bits per heavy atom. The van der Waals surface area contributed by atoms with Gasteiger partial charge in [0, 0.05) is 19.2 Å². The predicted molar refractivity (Wildman–Crippen MR) is 75.9 cm³/mol. The maximum atomic E-state index is 12.2. The summed E-state index contributed by atoms with van der Waals surface area (Å²) in [7, 11) is 0. The number of likely N-dealkylation sites (tertiary alicyclic amines) is 1. The van der Waals surface area contributed by atoms with Crippen molar-refractivity contribution in [2.75, 3.05) is 19.6 Å². The first kappa shape index (κ1) is 15.9. The fourth-order valence-corrected chi connectivity index (χ4v) is 2.85. The Balaban J connectivity index is 0.00000180. The molecule has 1 aliphatic heterocycles. The van der Waals surface area contributed by atoms with Gasteiger partial charge < -0.3 is 10.6 Å². The van der Waals surface area contributed by atoms with Crippen LogP contribution in [0, 0.1) is 15.5 Å². The van der Waals surface area contributed by atoms with Crippen LogP contribution in [0.2, 0.25) is 0 Å². The fraction of sp³-hybridized carbons (Fsp3) is 0.545. The minimum absolute atomic E-state index is 0. The molecule has 6 nitrogen and oxygen atoms in total. The second kappa shape index (κ2) is 5.85. The number of amides is 1. The second-order valence-electron chi connectivity index (χ2n) is 4.89. The number of nitrogens with two attached hydrogens (primary N) is 1. The van der Waals surface area contributed by atoms with E-state index in [4.69, 9.17) is 5.73 Å². The van der Waals surface area contributed by atoms with Gasteiger partial charge in [0.1, 0.15) is 0 Å². The predicted octanol–water partition coefficient (Wildman–Crippen LogP) is 1.89. The fourth-order valence-electron chi connectivity index (χ4n) is 2.06. The summed E-state index contributed by atoms with van der Waals surface area (Å²) in [6.45, 7) is 3.88. The van der Waals surface area contributed by atoms with E-state index in [0.29, 0.717) is 24.5 Å². The molecule has 1 saturated heterocycles. The highest BCUT2D eigenvalue weighted by atomic mass is 35.5. The lowest BCUT2D eigenvalue weighted by molar-refractivity contribution is -0.380. The van der Waals surface area contributed by atoms with Gasteiger partial charge in [0.2, 0.25) is 0 Å². The molecule has 106 valence electrons. The van der Waals surface area contributed by atoms with Crippen molar-refractivity contribution in [2.45, 2.75) is 13.3 Å². The summed E-state index contributed by atoms with van der Waals surface area (Å²) < 4.78 is 0.